The van der Waals surface area contributed by atoms with Crippen LogP contribution in [0.4, 0.5) is 5.69 Å². The molecule has 0 saturated carbocycles. The molecule has 0 unspecified atom stereocenters. The molecule has 0 aliphatic rings. The van der Waals surface area contributed by atoms with Gasteiger partial charge in [0.1, 0.15) is 5.56 Å². The number of anilines is 1. The van der Waals surface area contributed by atoms with Crippen molar-refractivity contribution in [2.45, 2.75) is 0 Å². The second kappa shape index (κ2) is 6.85. The van der Waals surface area contributed by atoms with Crippen LogP contribution in [0.2, 0.25) is 0 Å². The van der Waals surface area contributed by atoms with Gasteiger partial charge in [0.25, 0.3) is 0 Å². The minimum atomic E-state index is -0.991. The van der Waals surface area contributed by atoms with Crippen LogP contribution in [0.1, 0.15) is 10.4 Å². The molecule has 5 nitrogen and oxygen atoms in total. The molecule has 0 amide bonds. The molecule has 0 fully saturated rings. The maximum atomic E-state index is 11.5. The van der Waals surface area contributed by atoms with Crippen LogP contribution < -0.4 is 4.90 Å². The van der Waals surface area contributed by atoms with Crippen molar-refractivity contribution in [2.75, 3.05) is 31.7 Å². The first-order chi connectivity index (χ1) is 10.2. The highest BCUT2D eigenvalue weighted by molar-refractivity contribution is 6.04. The van der Waals surface area contributed by atoms with Gasteiger partial charge in [-0.3, -0.25) is 4.98 Å². The number of carbonyl (C=O) groups is 1. The molecule has 0 aliphatic heterocycles. The summed E-state index contributed by atoms with van der Waals surface area (Å²) in [5.41, 5.74) is 1.61. The van der Waals surface area contributed by atoms with Gasteiger partial charge in [0.15, 0.2) is 0 Å². The van der Waals surface area contributed by atoms with Crippen molar-refractivity contribution in [3.05, 3.63) is 48.7 Å². The average molecular weight is 286 g/mol. The predicted molar refractivity (Wildman–Crippen MR) is 83.0 cm³/mol. The van der Waals surface area contributed by atoms with Gasteiger partial charge in [-0.15, -0.1) is 6.58 Å². The number of aromatic carboxylic acids is 1. The summed E-state index contributed by atoms with van der Waals surface area (Å²) in [6, 6.07) is 7.51. The van der Waals surface area contributed by atoms with Gasteiger partial charge >= 0.3 is 5.97 Å². The van der Waals surface area contributed by atoms with E-state index in [1.807, 2.05) is 29.2 Å². The summed E-state index contributed by atoms with van der Waals surface area (Å²) in [6.07, 6.45) is 3.15. The summed E-state index contributed by atoms with van der Waals surface area (Å²) in [5.74, 6) is -0.991. The number of carboxylic acid groups (broad SMARTS) is 1. The van der Waals surface area contributed by atoms with Crippen molar-refractivity contribution in [1.82, 2.24) is 4.98 Å². The van der Waals surface area contributed by atoms with Gasteiger partial charge in [0.05, 0.1) is 17.8 Å². The lowest BCUT2D eigenvalue weighted by Gasteiger charge is -2.26. The molecule has 2 aromatic rings. The molecule has 0 spiro atoms. The van der Waals surface area contributed by atoms with Crippen molar-refractivity contribution >= 4 is 22.6 Å². The highest BCUT2D eigenvalue weighted by atomic mass is 16.5. The van der Waals surface area contributed by atoms with E-state index in [1.165, 1.54) is 6.20 Å². The SMILES string of the molecule is C=CCN(CCOC)c1c(C(=O)O)cnc2ccccc12. The Morgan fingerprint density at radius 2 is 2.24 bits per heavy atom. The van der Waals surface area contributed by atoms with Gasteiger partial charge in [-0.25, -0.2) is 4.79 Å². The van der Waals surface area contributed by atoms with Crippen LogP contribution in [0.25, 0.3) is 10.9 Å². The standard InChI is InChI=1S/C16H18N2O3/c1-3-8-18(9-10-21-2)15-12-6-4-5-7-14(12)17-11-13(15)16(19)20/h3-7,11H,1,8-10H2,2H3,(H,19,20). The van der Waals surface area contributed by atoms with E-state index in [2.05, 4.69) is 11.6 Å². The average Bonchev–Trinajstić information content (AvgIpc) is 2.50. The molecule has 110 valence electrons. The number of methoxy groups -OCH3 is 1. The monoisotopic (exact) mass is 286 g/mol. The first-order valence-corrected chi connectivity index (χ1v) is 6.65. The zero-order valence-corrected chi connectivity index (χ0v) is 12.0. The van der Waals surface area contributed by atoms with E-state index < -0.39 is 5.97 Å². The first kappa shape index (κ1) is 15.0. The molecule has 1 heterocycles. The van der Waals surface area contributed by atoms with Gasteiger partial charge in [-0.1, -0.05) is 24.3 Å². The van der Waals surface area contributed by atoms with Crippen molar-refractivity contribution < 1.29 is 14.6 Å². The Bertz CT molecular complexity index is 655. The maximum Gasteiger partial charge on any atom is 0.339 e. The summed E-state index contributed by atoms with van der Waals surface area (Å²) in [7, 11) is 1.62. The molecule has 0 saturated heterocycles. The highest BCUT2D eigenvalue weighted by Gasteiger charge is 2.19. The summed E-state index contributed by atoms with van der Waals surface area (Å²) >= 11 is 0. The first-order valence-electron chi connectivity index (χ1n) is 6.65. The number of ether oxygens (including phenoxy) is 1. The fraction of sp³-hybridized carbons (Fsp3) is 0.250. The number of nitrogens with zero attached hydrogens (tertiary/aromatic N) is 2. The van der Waals surface area contributed by atoms with Crippen LogP contribution in [0, 0.1) is 0 Å². The molecule has 0 atom stereocenters. The Labute approximate surface area is 123 Å². The predicted octanol–water partition coefficient (Wildman–Crippen LogP) is 2.57. The van der Waals surface area contributed by atoms with Crippen LogP contribution in [0.3, 0.4) is 0 Å². The Morgan fingerprint density at radius 3 is 2.90 bits per heavy atom. The lowest BCUT2D eigenvalue weighted by atomic mass is 10.1. The molecule has 5 heteroatoms. The van der Waals surface area contributed by atoms with Crippen molar-refractivity contribution in [1.29, 1.82) is 0 Å². The Balaban J connectivity index is 2.62. The normalized spacial score (nSPS) is 10.5. The van der Waals surface area contributed by atoms with Gasteiger partial charge < -0.3 is 14.7 Å². The summed E-state index contributed by atoms with van der Waals surface area (Å²) in [6.45, 7) is 5.37. The maximum absolute atomic E-state index is 11.5. The lowest BCUT2D eigenvalue weighted by molar-refractivity contribution is 0.0697. The summed E-state index contributed by atoms with van der Waals surface area (Å²) in [5, 5.41) is 10.3. The third-order valence-corrected chi connectivity index (χ3v) is 3.21. The molecule has 2 rings (SSSR count). The van der Waals surface area contributed by atoms with E-state index in [-0.39, 0.29) is 5.56 Å². The number of carboxylic acids is 1. The zero-order chi connectivity index (χ0) is 15.2. The minimum absolute atomic E-state index is 0.187. The van der Waals surface area contributed by atoms with E-state index >= 15 is 0 Å². The molecule has 0 bridgehead atoms. The third-order valence-electron chi connectivity index (χ3n) is 3.21. The molecule has 0 aliphatic carbocycles. The van der Waals surface area contributed by atoms with Crippen LogP contribution in [0.15, 0.2) is 43.1 Å². The van der Waals surface area contributed by atoms with Gasteiger partial charge in [-0.05, 0) is 6.07 Å². The number of para-hydroxylation sites is 1. The second-order valence-corrected chi connectivity index (χ2v) is 4.57. The molecule has 1 aromatic heterocycles. The number of rotatable bonds is 7. The number of aromatic nitrogens is 1. The number of benzene rings is 1. The molecule has 0 radical (unpaired) electrons. The smallest absolute Gasteiger partial charge is 0.339 e. The van der Waals surface area contributed by atoms with Crippen molar-refractivity contribution in [2.24, 2.45) is 0 Å². The fourth-order valence-corrected chi connectivity index (χ4v) is 2.28. The van der Waals surface area contributed by atoms with Crippen LogP contribution >= 0.6 is 0 Å². The summed E-state index contributed by atoms with van der Waals surface area (Å²) in [4.78, 5) is 17.7. The van der Waals surface area contributed by atoms with E-state index in [1.54, 1.807) is 13.2 Å². The number of pyridine rings is 1. The third kappa shape index (κ3) is 3.20. The fourth-order valence-electron chi connectivity index (χ4n) is 2.28. The van der Waals surface area contributed by atoms with Crippen LogP contribution in [-0.4, -0.2) is 42.9 Å². The van der Waals surface area contributed by atoms with Crippen LogP contribution in [-0.2, 0) is 4.74 Å². The van der Waals surface area contributed by atoms with E-state index in [0.717, 1.165) is 10.9 Å². The quantitative estimate of drug-likeness (QED) is 0.793. The lowest BCUT2D eigenvalue weighted by Crippen LogP contribution is -2.29. The van der Waals surface area contributed by atoms with Crippen molar-refractivity contribution in [3.63, 3.8) is 0 Å². The molecular formula is C16H18N2O3. The van der Waals surface area contributed by atoms with E-state index in [9.17, 15) is 9.90 Å². The van der Waals surface area contributed by atoms with Gasteiger partial charge in [0.2, 0.25) is 0 Å². The Hall–Kier alpha value is -2.40. The largest absolute Gasteiger partial charge is 0.478 e. The topological polar surface area (TPSA) is 62.7 Å². The zero-order valence-electron chi connectivity index (χ0n) is 12.0. The van der Waals surface area contributed by atoms with Crippen molar-refractivity contribution in [3.8, 4) is 0 Å². The Morgan fingerprint density at radius 1 is 1.48 bits per heavy atom. The number of fused-ring (bicyclic) bond motifs is 1. The summed E-state index contributed by atoms with van der Waals surface area (Å²) < 4.78 is 5.11. The second-order valence-electron chi connectivity index (χ2n) is 4.57. The highest BCUT2D eigenvalue weighted by Crippen LogP contribution is 2.29. The molecular weight excluding hydrogens is 268 g/mol. The molecule has 21 heavy (non-hydrogen) atoms. The molecule has 1 aromatic carbocycles. The Kier molecular flexibility index (Phi) is 4.90. The molecule has 1 N–H and O–H groups in total. The minimum Gasteiger partial charge on any atom is -0.478 e. The number of hydrogen-bond donors (Lipinski definition) is 1. The van der Waals surface area contributed by atoms with Gasteiger partial charge in [-0.2, -0.15) is 0 Å². The van der Waals surface area contributed by atoms with E-state index in [0.29, 0.717) is 25.4 Å². The number of hydrogen-bond acceptors (Lipinski definition) is 4. The van der Waals surface area contributed by atoms with Crippen LogP contribution in [0.5, 0.6) is 0 Å². The van der Waals surface area contributed by atoms with E-state index in [4.69, 9.17) is 4.74 Å². The van der Waals surface area contributed by atoms with Gasteiger partial charge in [0, 0.05) is 31.8 Å².